The number of likely N-dealkylation sites (tertiary alicyclic amines) is 1. The third-order valence-electron chi connectivity index (χ3n) is 2.47. The van der Waals surface area contributed by atoms with E-state index < -0.39 is 5.60 Å². The molecule has 8 nitrogen and oxygen atoms in total. The number of carbonyl (C=O) groups excluding carboxylic acids is 1. The lowest BCUT2D eigenvalue weighted by molar-refractivity contribution is 0.00513. The number of aromatic nitrogens is 4. The molecule has 0 bridgehead atoms. The lowest BCUT2D eigenvalue weighted by Crippen LogP contribution is -2.60. The minimum Gasteiger partial charge on any atom is -0.444 e. The fourth-order valence-electron chi connectivity index (χ4n) is 1.58. The van der Waals surface area contributed by atoms with Crippen LogP contribution in [0, 0.1) is 0 Å². The van der Waals surface area contributed by atoms with E-state index in [4.69, 9.17) is 4.74 Å². The van der Waals surface area contributed by atoms with Gasteiger partial charge in [0.05, 0.1) is 6.54 Å². The summed E-state index contributed by atoms with van der Waals surface area (Å²) in [5, 5.41) is 16.8. The van der Waals surface area contributed by atoms with E-state index in [-0.39, 0.29) is 12.1 Å². The molecule has 0 atom stereocenters. The summed E-state index contributed by atoms with van der Waals surface area (Å²) in [7, 11) is 0. The van der Waals surface area contributed by atoms with E-state index in [1.54, 1.807) is 4.90 Å². The maximum absolute atomic E-state index is 11.7. The average Bonchev–Trinajstić information content (AvgIpc) is 2.64. The Bertz CT molecular complexity index is 393. The molecule has 1 aromatic heterocycles. The Morgan fingerprint density at radius 2 is 2.28 bits per heavy atom. The lowest BCUT2D eigenvalue weighted by atomic mass is 10.1. The molecule has 1 aromatic rings. The summed E-state index contributed by atoms with van der Waals surface area (Å²) in [5.41, 5.74) is -0.444. The number of ether oxygens (including phenoxy) is 1. The highest BCUT2D eigenvalue weighted by molar-refractivity contribution is 5.69. The highest BCUT2D eigenvalue weighted by Crippen LogP contribution is 2.15. The molecule has 1 aliphatic rings. The first-order valence-corrected chi connectivity index (χ1v) is 5.88. The van der Waals surface area contributed by atoms with Gasteiger partial charge in [0.25, 0.3) is 0 Å². The first-order chi connectivity index (χ1) is 8.44. The molecule has 1 amide bonds. The Balaban J connectivity index is 1.66. The summed E-state index contributed by atoms with van der Waals surface area (Å²) in [4.78, 5) is 13.3. The van der Waals surface area contributed by atoms with E-state index in [2.05, 4.69) is 25.9 Å². The van der Waals surface area contributed by atoms with E-state index in [1.807, 2.05) is 20.8 Å². The van der Waals surface area contributed by atoms with Gasteiger partial charge < -0.3 is 15.0 Å². The van der Waals surface area contributed by atoms with Crippen LogP contribution in [0.1, 0.15) is 26.6 Å². The summed E-state index contributed by atoms with van der Waals surface area (Å²) < 4.78 is 5.26. The van der Waals surface area contributed by atoms with Crippen molar-refractivity contribution in [3.63, 3.8) is 0 Å². The van der Waals surface area contributed by atoms with Crippen LogP contribution in [-0.2, 0) is 11.3 Å². The number of nitrogens with zero attached hydrogens (tertiary/aromatic N) is 4. The van der Waals surface area contributed by atoms with Crippen molar-refractivity contribution in [3.05, 3.63) is 5.82 Å². The van der Waals surface area contributed by atoms with Crippen LogP contribution in [0.4, 0.5) is 4.79 Å². The Kier molecular flexibility index (Phi) is 3.46. The predicted molar refractivity (Wildman–Crippen MR) is 62.6 cm³/mol. The van der Waals surface area contributed by atoms with Crippen LogP contribution in [-0.4, -0.2) is 56.3 Å². The maximum Gasteiger partial charge on any atom is 0.410 e. The zero-order chi connectivity index (χ0) is 13.2. The molecule has 0 radical (unpaired) electrons. The van der Waals surface area contributed by atoms with Gasteiger partial charge in [-0.15, -0.1) is 10.2 Å². The first-order valence-electron chi connectivity index (χ1n) is 5.88. The predicted octanol–water partition coefficient (Wildman–Crippen LogP) is -0.0914. The fourth-order valence-corrected chi connectivity index (χ4v) is 1.58. The highest BCUT2D eigenvalue weighted by Gasteiger charge is 2.33. The second kappa shape index (κ2) is 4.89. The minimum absolute atomic E-state index is 0.260. The van der Waals surface area contributed by atoms with Crippen molar-refractivity contribution in [2.45, 2.75) is 39.0 Å². The van der Waals surface area contributed by atoms with Gasteiger partial charge in [0, 0.05) is 19.1 Å². The molecule has 18 heavy (non-hydrogen) atoms. The Labute approximate surface area is 105 Å². The van der Waals surface area contributed by atoms with E-state index in [0.29, 0.717) is 25.5 Å². The minimum atomic E-state index is -0.444. The zero-order valence-electron chi connectivity index (χ0n) is 10.8. The maximum atomic E-state index is 11.7. The van der Waals surface area contributed by atoms with Gasteiger partial charge in [-0.1, -0.05) is 5.21 Å². The Morgan fingerprint density at radius 1 is 1.56 bits per heavy atom. The van der Waals surface area contributed by atoms with Crippen molar-refractivity contribution in [2.75, 3.05) is 13.1 Å². The number of carbonyl (C=O) groups is 1. The molecule has 1 saturated heterocycles. The summed E-state index contributed by atoms with van der Waals surface area (Å²) in [5.74, 6) is 0.616. The van der Waals surface area contributed by atoms with E-state index >= 15 is 0 Å². The van der Waals surface area contributed by atoms with E-state index in [9.17, 15) is 4.79 Å². The Hall–Kier alpha value is -1.70. The molecule has 0 saturated carbocycles. The summed E-state index contributed by atoms with van der Waals surface area (Å²) in [6, 6.07) is 0.260. The van der Waals surface area contributed by atoms with Crippen LogP contribution in [0.2, 0.25) is 0 Å². The standard InChI is InChI=1S/C10H18N6O2/c1-10(2,3)18-9(17)16-5-7(6-16)11-4-8-12-14-15-13-8/h7,11H,4-6H2,1-3H3,(H,12,13,14,15). The molecule has 2 N–H and O–H groups in total. The molecule has 100 valence electrons. The molecule has 0 unspecified atom stereocenters. The van der Waals surface area contributed by atoms with Crippen LogP contribution in [0.3, 0.4) is 0 Å². The van der Waals surface area contributed by atoms with Crippen molar-refractivity contribution in [2.24, 2.45) is 0 Å². The van der Waals surface area contributed by atoms with Gasteiger partial charge in [0.2, 0.25) is 0 Å². The summed E-state index contributed by atoms with van der Waals surface area (Å²) >= 11 is 0. The van der Waals surface area contributed by atoms with Gasteiger partial charge in [0.15, 0.2) is 5.82 Å². The number of hydrogen-bond acceptors (Lipinski definition) is 6. The number of rotatable bonds is 3. The second-order valence-electron chi connectivity index (χ2n) is 5.29. The number of tetrazole rings is 1. The molecular formula is C10H18N6O2. The molecule has 0 aromatic carbocycles. The number of H-pyrrole nitrogens is 1. The zero-order valence-corrected chi connectivity index (χ0v) is 10.8. The molecule has 8 heteroatoms. The van der Waals surface area contributed by atoms with Crippen LogP contribution in [0.15, 0.2) is 0 Å². The van der Waals surface area contributed by atoms with E-state index in [1.165, 1.54) is 0 Å². The van der Waals surface area contributed by atoms with Crippen LogP contribution >= 0.6 is 0 Å². The molecule has 1 fully saturated rings. The molecule has 2 rings (SSSR count). The topological polar surface area (TPSA) is 96.0 Å². The number of hydrogen-bond donors (Lipinski definition) is 2. The van der Waals surface area contributed by atoms with Crippen LogP contribution < -0.4 is 5.32 Å². The largest absolute Gasteiger partial charge is 0.444 e. The van der Waals surface area contributed by atoms with Crippen LogP contribution in [0.25, 0.3) is 0 Å². The van der Waals surface area contributed by atoms with Crippen molar-refractivity contribution < 1.29 is 9.53 Å². The van der Waals surface area contributed by atoms with Gasteiger partial charge in [-0.3, -0.25) is 0 Å². The van der Waals surface area contributed by atoms with Crippen molar-refractivity contribution in [1.82, 2.24) is 30.8 Å². The Morgan fingerprint density at radius 3 is 2.83 bits per heavy atom. The third kappa shape index (κ3) is 3.39. The van der Waals surface area contributed by atoms with Gasteiger partial charge in [-0.25, -0.2) is 4.79 Å². The van der Waals surface area contributed by atoms with Gasteiger partial charge in [0.1, 0.15) is 5.60 Å². The molecule has 1 aliphatic heterocycles. The van der Waals surface area contributed by atoms with Gasteiger partial charge in [-0.2, -0.15) is 5.21 Å². The average molecular weight is 254 g/mol. The fraction of sp³-hybridized carbons (Fsp3) is 0.800. The molecule has 0 spiro atoms. The monoisotopic (exact) mass is 254 g/mol. The highest BCUT2D eigenvalue weighted by atomic mass is 16.6. The van der Waals surface area contributed by atoms with Crippen molar-refractivity contribution in [1.29, 1.82) is 0 Å². The molecule has 0 aliphatic carbocycles. The number of amides is 1. The van der Waals surface area contributed by atoms with E-state index in [0.717, 1.165) is 0 Å². The van der Waals surface area contributed by atoms with Gasteiger partial charge >= 0.3 is 6.09 Å². The first kappa shape index (κ1) is 12.7. The SMILES string of the molecule is CC(C)(C)OC(=O)N1CC(NCc2nn[nH]n2)C1. The van der Waals surface area contributed by atoms with Crippen molar-refractivity contribution >= 4 is 6.09 Å². The molecular weight excluding hydrogens is 236 g/mol. The van der Waals surface area contributed by atoms with Crippen molar-refractivity contribution in [3.8, 4) is 0 Å². The van der Waals surface area contributed by atoms with Gasteiger partial charge in [-0.05, 0) is 20.8 Å². The summed E-state index contributed by atoms with van der Waals surface area (Å²) in [6.07, 6.45) is -0.264. The lowest BCUT2D eigenvalue weighted by Gasteiger charge is -2.40. The normalized spacial score (nSPS) is 16.5. The molecule has 2 heterocycles. The smallest absolute Gasteiger partial charge is 0.410 e. The third-order valence-corrected chi connectivity index (χ3v) is 2.47. The number of nitrogens with one attached hydrogen (secondary N) is 2. The second-order valence-corrected chi connectivity index (χ2v) is 5.29. The van der Waals surface area contributed by atoms with Crippen LogP contribution in [0.5, 0.6) is 0 Å². The quantitative estimate of drug-likeness (QED) is 0.782. The number of aromatic amines is 1. The summed E-state index contributed by atoms with van der Waals surface area (Å²) in [6.45, 7) is 7.41.